The molecule has 0 aromatic heterocycles. The summed E-state index contributed by atoms with van der Waals surface area (Å²) >= 11 is 0. The van der Waals surface area contributed by atoms with Crippen LogP contribution >= 0.6 is 0 Å². The van der Waals surface area contributed by atoms with Gasteiger partial charge in [0.15, 0.2) is 0 Å². The molecule has 1 heterocycles. The number of amides is 3. The number of rotatable bonds is 11. The maximum atomic E-state index is 12.9. The summed E-state index contributed by atoms with van der Waals surface area (Å²) < 4.78 is 5.60. The van der Waals surface area contributed by atoms with Gasteiger partial charge in [0, 0.05) is 12.5 Å². The van der Waals surface area contributed by atoms with Crippen LogP contribution in [0.1, 0.15) is 78.6 Å². The van der Waals surface area contributed by atoms with Crippen molar-refractivity contribution in [3.63, 3.8) is 0 Å². The molecule has 0 aromatic rings. The number of alkyl carbamates (subject to hydrolysis) is 1. The average Bonchev–Trinajstić information content (AvgIpc) is 3.12. The van der Waals surface area contributed by atoms with E-state index in [1.165, 1.54) is 12.8 Å². The standard InChI is InChI=1S/C23H41N3O5/c1-4-5-16-6-8-19(9-7-16)31-23(30)26-20(12-15(2)3)22(29)25-18(14-27)13-17-10-11-24-21(17)28/h15-20,27H,4-14H2,1-3H3,(H,24,28)(H,25,29)(H,26,30)/t16?,17-,18-,19?,20-/m0/s1. The van der Waals surface area contributed by atoms with Gasteiger partial charge in [-0.1, -0.05) is 33.6 Å². The highest BCUT2D eigenvalue weighted by Gasteiger charge is 2.31. The van der Waals surface area contributed by atoms with Crippen LogP contribution in [0.15, 0.2) is 0 Å². The summed E-state index contributed by atoms with van der Waals surface area (Å²) in [4.78, 5) is 37.1. The van der Waals surface area contributed by atoms with E-state index in [1.807, 2.05) is 13.8 Å². The maximum Gasteiger partial charge on any atom is 0.408 e. The molecule has 1 saturated heterocycles. The minimum Gasteiger partial charge on any atom is -0.446 e. The zero-order chi connectivity index (χ0) is 22.8. The van der Waals surface area contributed by atoms with Gasteiger partial charge in [-0.2, -0.15) is 0 Å². The summed E-state index contributed by atoms with van der Waals surface area (Å²) in [5.41, 5.74) is 0. The van der Waals surface area contributed by atoms with Crippen LogP contribution in [0, 0.1) is 17.8 Å². The van der Waals surface area contributed by atoms with Crippen LogP contribution in [0.25, 0.3) is 0 Å². The second kappa shape index (κ2) is 12.9. The topological polar surface area (TPSA) is 117 Å². The van der Waals surface area contributed by atoms with Crippen molar-refractivity contribution < 1.29 is 24.2 Å². The van der Waals surface area contributed by atoms with Crippen LogP contribution < -0.4 is 16.0 Å². The number of hydrogen-bond donors (Lipinski definition) is 4. The maximum absolute atomic E-state index is 12.9. The Morgan fingerprint density at radius 1 is 1.16 bits per heavy atom. The largest absolute Gasteiger partial charge is 0.446 e. The van der Waals surface area contributed by atoms with E-state index in [-0.39, 0.29) is 36.4 Å². The van der Waals surface area contributed by atoms with Crippen LogP contribution in [0.4, 0.5) is 4.79 Å². The third kappa shape index (κ3) is 8.67. The van der Waals surface area contributed by atoms with Gasteiger partial charge in [0.25, 0.3) is 0 Å². The van der Waals surface area contributed by atoms with Gasteiger partial charge in [-0.15, -0.1) is 0 Å². The van der Waals surface area contributed by atoms with E-state index in [0.717, 1.165) is 31.6 Å². The summed E-state index contributed by atoms with van der Waals surface area (Å²) in [6.45, 7) is 6.53. The first-order valence-electron chi connectivity index (χ1n) is 12.0. The molecule has 0 radical (unpaired) electrons. The second-order valence-electron chi connectivity index (χ2n) is 9.56. The van der Waals surface area contributed by atoms with Crippen molar-refractivity contribution in [3.8, 4) is 0 Å². The molecule has 0 aromatic carbocycles. The normalized spacial score (nSPS) is 25.6. The van der Waals surface area contributed by atoms with Crippen molar-refractivity contribution in [2.45, 2.75) is 96.7 Å². The molecule has 2 rings (SSSR count). The van der Waals surface area contributed by atoms with Crippen molar-refractivity contribution in [1.29, 1.82) is 0 Å². The van der Waals surface area contributed by atoms with Crippen molar-refractivity contribution in [1.82, 2.24) is 16.0 Å². The van der Waals surface area contributed by atoms with Crippen molar-refractivity contribution in [3.05, 3.63) is 0 Å². The minimum absolute atomic E-state index is 0.0400. The Morgan fingerprint density at radius 2 is 1.87 bits per heavy atom. The highest BCUT2D eigenvalue weighted by Crippen LogP contribution is 2.29. The average molecular weight is 440 g/mol. The molecule has 1 aliphatic carbocycles. The van der Waals surface area contributed by atoms with E-state index in [2.05, 4.69) is 22.9 Å². The third-order valence-electron chi connectivity index (χ3n) is 6.38. The van der Waals surface area contributed by atoms with Crippen molar-refractivity contribution >= 4 is 17.9 Å². The lowest BCUT2D eigenvalue weighted by Gasteiger charge is -2.29. The summed E-state index contributed by atoms with van der Waals surface area (Å²) in [7, 11) is 0. The molecule has 0 spiro atoms. The fourth-order valence-electron chi connectivity index (χ4n) is 4.67. The lowest BCUT2D eigenvalue weighted by molar-refractivity contribution is -0.126. The van der Waals surface area contributed by atoms with E-state index < -0.39 is 18.2 Å². The summed E-state index contributed by atoms with van der Waals surface area (Å²) in [5.74, 6) is 0.316. The quantitative estimate of drug-likeness (QED) is 0.395. The third-order valence-corrected chi connectivity index (χ3v) is 6.38. The van der Waals surface area contributed by atoms with E-state index in [1.54, 1.807) is 0 Å². The Hall–Kier alpha value is -1.83. The van der Waals surface area contributed by atoms with Crippen LogP contribution in [0.3, 0.4) is 0 Å². The zero-order valence-corrected chi connectivity index (χ0v) is 19.3. The summed E-state index contributed by atoms with van der Waals surface area (Å²) in [5, 5.41) is 18.0. The fourth-order valence-corrected chi connectivity index (χ4v) is 4.67. The SMILES string of the molecule is CCCC1CCC(OC(=O)N[C@@H](CC(C)C)C(=O)N[C@H](CO)C[C@@H]2CCNC2=O)CC1. The number of ether oxygens (including phenoxy) is 1. The van der Waals surface area contributed by atoms with Crippen molar-refractivity contribution in [2.24, 2.45) is 17.8 Å². The van der Waals surface area contributed by atoms with Crippen LogP contribution in [0.2, 0.25) is 0 Å². The minimum atomic E-state index is -0.740. The summed E-state index contributed by atoms with van der Waals surface area (Å²) in [6.07, 6.45) is 7.20. The number of hydrogen-bond acceptors (Lipinski definition) is 5. The van der Waals surface area contributed by atoms with Gasteiger partial charge in [-0.05, 0) is 56.8 Å². The summed E-state index contributed by atoms with van der Waals surface area (Å²) in [6, 6.07) is -1.27. The van der Waals surface area contributed by atoms with Gasteiger partial charge >= 0.3 is 6.09 Å². The number of carbonyl (C=O) groups is 3. The molecule has 2 aliphatic rings. The molecule has 3 atom stereocenters. The molecule has 0 bridgehead atoms. The van der Waals surface area contributed by atoms with Gasteiger partial charge in [-0.25, -0.2) is 4.79 Å². The van der Waals surface area contributed by atoms with Gasteiger partial charge < -0.3 is 25.8 Å². The Morgan fingerprint density at radius 3 is 2.42 bits per heavy atom. The van der Waals surface area contributed by atoms with Crippen LogP contribution in [-0.4, -0.2) is 54.4 Å². The van der Waals surface area contributed by atoms with Crippen LogP contribution in [-0.2, 0) is 14.3 Å². The van der Waals surface area contributed by atoms with Gasteiger partial charge in [0.05, 0.1) is 12.6 Å². The first-order valence-corrected chi connectivity index (χ1v) is 12.0. The van der Waals surface area contributed by atoms with E-state index in [0.29, 0.717) is 25.8 Å². The molecule has 31 heavy (non-hydrogen) atoms. The smallest absolute Gasteiger partial charge is 0.408 e. The first-order chi connectivity index (χ1) is 14.8. The van der Waals surface area contributed by atoms with Gasteiger partial charge in [0.2, 0.25) is 11.8 Å². The number of aliphatic hydroxyl groups excluding tert-OH is 1. The predicted molar refractivity (Wildman–Crippen MR) is 118 cm³/mol. The molecule has 3 amide bonds. The number of aliphatic hydroxyl groups is 1. The zero-order valence-electron chi connectivity index (χ0n) is 19.3. The molecule has 8 nitrogen and oxygen atoms in total. The molecule has 4 N–H and O–H groups in total. The highest BCUT2D eigenvalue weighted by atomic mass is 16.6. The Kier molecular flexibility index (Phi) is 10.6. The molecule has 1 aliphatic heterocycles. The Balaban J connectivity index is 1.85. The predicted octanol–water partition coefficient (Wildman–Crippen LogP) is 2.49. The Labute approximate surface area is 186 Å². The molecule has 0 unspecified atom stereocenters. The molecule has 2 fully saturated rings. The molecular weight excluding hydrogens is 398 g/mol. The van der Waals surface area contributed by atoms with E-state index >= 15 is 0 Å². The van der Waals surface area contributed by atoms with E-state index in [9.17, 15) is 19.5 Å². The number of nitrogens with one attached hydrogen (secondary N) is 3. The Bertz CT molecular complexity index is 590. The van der Waals surface area contributed by atoms with Crippen LogP contribution in [0.5, 0.6) is 0 Å². The number of carbonyl (C=O) groups excluding carboxylic acids is 3. The van der Waals surface area contributed by atoms with Crippen molar-refractivity contribution in [2.75, 3.05) is 13.2 Å². The molecular formula is C23H41N3O5. The van der Waals surface area contributed by atoms with Gasteiger partial charge in [0.1, 0.15) is 12.1 Å². The fraction of sp³-hybridized carbons (Fsp3) is 0.870. The first kappa shape index (κ1) is 25.4. The van der Waals surface area contributed by atoms with E-state index in [4.69, 9.17) is 4.74 Å². The molecule has 1 saturated carbocycles. The lowest BCUT2D eigenvalue weighted by atomic mass is 9.85. The highest BCUT2D eigenvalue weighted by molar-refractivity contribution is 5.86. The monoisotopic (exact) mass is 439 g/mol. The lowest BCUT2D eigenvalue weighted by Crippen LogP contribution is -2.52. The molecule has 178 valence electrons. The molecule has 8 heteroatoms. The van der Waals surface area contributed by atoms with Gasteiger partial charge in [-0.3, -0.25) is 9.59 Å². The second-order valence-corrected chi connectivity index (χ2v) is 9.56.